The van der Waals surface area contributed by atoms with Crippen LogP contribution in [0.2, 0.25) is 0 Å². The molecule has 0 radical (unpaired) electrons. The van der Waals surface area contributed by atoms with Gasteiger partial charge in [0.15, 0.2) is 11.5 Å². The predicted molar refractivity (Wildman–Crippen MR) is 78.9 cm³/mol. The largest absolute Gasteiger partial charge is 0.493 e. The maximum absolute atomic E-state index is 12.0. The molecule has 0 aliphatic heterocycles. The van der Waals surface area contributed by atoms with Crippen molar-refractivity contribution in [3.8, 4) is 11.5 Å². The summed E-state index contributed by atoms with van der Waals surface area (Å²) in [7, 11) is 3.36. The van der Waals surface area contributed by atoms with Crippen molar-refractivity contribution in [2.75, 3.05) is 27.3 Å². The van der Waals surface area contributed by atoms with Gasteiger partial charge in [-0.05, 0) is 19.1 Å². The molecule has 112 valence electrons. The highest BCUT2D eigenvalue weighted by atomic mass is 16.5. The van der Waals surface area contributed by atoms with Crippen molar-refractivity contribution in [2.24, 2.45) is 11.7 Å². The summed E-state index contributed by atoms with van der Waals surface area (Å²) < 4.78 is 10.8. The number of rotatable bonds is 7. The molecule has 2 unspecified atom stereocenters. The molecule has 20 heavy (non-hydrogen) atoms. The van der Waals surface area contributed by atoms with Gasteiger partial charge >= 0.3 is 0 Å². The maximum atomic E-state index is 12.0. The Morgan fingerprint density at radius 2 is 1.90 bits per heavy atom. The molecule has 0 heterocycles. The summed E-state index contributed by atoms with van der Waals surface area (Å²) in [6, 6.07) is 7.28. The van der Waals surface area contributed by atoms with Crippen LogP contribution in [0, 0.1) is 5.92 Å². The van der Waals surface area contributed by atoms with Crippen molar-refractivity contribution in [3.05, 3.63) is 24.3 Å². The number of ether oxygens (including phenoxy) is 2. The van der Waals surface area contributed by atoms with Crippen LogP contribution in [0.1, 0.15) is 13.8 Å². The van der Waals surface area contributed by atoms with E-state index in [4.69, 9.17) is 15.2 Å². The molecule has 0 aliphatic rings. The van der Waals surface area contributed by atoms with Gasteiger partial charge in [-0.25, -0.2) is 0 Å². The first kappa shape index (κ1) is 16.3. The van der Waals surface area contributed by atoms with Crippen LogP contribution in [-0.4, -0.2) is 44.2 Å². The fourth-order valence-corrected chi connectivity index (χ4v) is 1.71. The first-order chi connectivity index (χ1) is 9.47. The van der Waals surface area contributed by atoms with Gasteiger partial charge < -0.3 is 20.1 Å². The van der Waals surface area contributed by atoms with E-state index in [0.717, 1.165) is 0 Å². The van der Waals surface area contributed by atoms with Crippen LogP contribution in [0.25, 0.3) is 0 Å². The Balaban J connectivity index is 2.46. The minimum Gasteiger partial charge on any atom is -0.493 e. The van der Waals surface area contributed by atoms with E-state index < -0.39 is 0 Å². The number of nitrogens with two attached hydrogens (primary N) is 1. The van der Waals surface area contributed by atoms with Crippen LogP contribution in [0.3, 0.4) is 0 Å². The lowest BCUT2D eigenvalue weighted by Gasteiger charge is -2.23. The van der Waals surface area contributed by atoms with Crippen LogP contribution in [0.5, 0.6) is 11.5 Å². The number of carbonyl (C=O) groups excluding carboxylic acids is 1. The van der Waals surface area contributed by atoms with Crippen molar-refractivity contribution < 1.29 is 14.3 Å². The monoisotopic (exact) mass is 280 g/mol. The highest BCUT2D eigenvalue weighted by Gasteiger charge is 2.20. The SMILES string of the molecule is COc1ccccc1OCCN(C)C(=O)C(C)C(C)N. The van der Waals surface area contributed by atoms with Gasteiger partial charge in [0, 0.05) is 13.1 Å². The van der Waals surface area contributed by atoms with Crippen molar-refractivity contribution in [1.82, 2.24) is 4.90 Å². The summed E-state index contributed by atoms with van der Waals surface area (Å²) in [5, 5.41) is 0. The molecule has 1 amide bonds. The number of amides is 1. The molecule has 5 nitrogen and oxygen atoms in total. The van der Waals surface area contributed by atoms with Gasteiger partial charge in [0.25, 0.3) is 0 Å². The molecule has 0 aromatic heterocycles. The van der Waals surface area contributed by atoms with Gasteiger partial charge in [-0.3, -0.25) is 4.79 Å². The number of benzene rings is 1. The molecule has 1 aromatic rings. The second-order valence-corrected chi connectivity index (χ2v) is 4.91. The summed E-state index contributed by atoms with van der Waals surface area (Å²) in [6.07, 6.45) is 0. The Morgan fingerprint density at radius 3 is 2.45 bits per heavy atom. The second-order valence-electron chi connectivity index (χ2n) is 4.91. The topological polar surface area (TPSA) is 64.8 Å². The zero-order valence-electron chi connectivity index (χ0n) is 12.6. The average molecular weight is 280 g/mol. The van der Waals surface area contributed by atoms with Gasteiger partial charge in [-0.1, -0.05) is 19.1 Å². The number of para-hydroxylation sites is 2. The molecule has 0 spiro atoms. The summed E-state index contributed by atoms with van der Waals surface area (Å²) in [5.74, 6) is 1.21. The van der Waals surface area contributed by atoms with Crippen LogP contribution in [-0.2, 0) is 4.79 Å². The number of methoxy groups -OCH3 is 1. The molecule has 0 fully saturated rings. The first-order valence-electron chi connectivity index (χ1n) is 6.73. The molecular weight excluding hydrogens is 256 g/mol. The summed E-state index contributed by atoms with van der Waals surface area (Å²) in [5.41, 5.74) is 5.74. The van der Waals surface area contributed by atoms with Crippen LogP contribution in [0.4, 0.5) is 0 Å². The Labute approximate surface area is 120 Å². The third-order valence-electron chi connectivity index (χ3n) is 3.31. The fraction of sp³-hybridized carbons (Fsp3) is 0.533. The number of nitrogens with zero attached hydrogens (tertiary/aromatic N) is 1. The van der Waals surface area contributed by atoms with E-state index >= 15 is 0 Å². The number of hydrogen-bond acceptors (Lipinski definition) is 4. The van der Waals surface area contributed by atoms with E-state index in [9.17, 15) is 4.79 Å². The minimum absolute atomic E-state index is 0.0311. The Hall–Kier alpha value is -1.75. The molecule has 0 aliphatic carbocycles. The highest BCUT2D eigenvalue weighted by molar-refractivity contribution is 5.78. The Morgan fingerprint density at radius 1 is 1.30 bits per heavy atom. The number of carbonyl (C=O) groups is 1. The molecule has 1 aromatic carbocycles. The zero-order chi connectivity index (χ0) is 15.1. The van der Waals surface area contributed by atoms with Crippen molar-refractivity contribution in [3.63, 3.8) is 0 Å². The molecule has 0 saturated carbocycles. The third-order valence-corrected chi connectivity index (χ3v) is 3.31. The Kier molecular flexibility index (Phi) is 6.31. The van der Waals surface area contributed by atoms with Crippen molar-refractivity contribution in [2.45, 2.75) is 19.9 Å². The van der Waals surface area contributed by atoms with E-state index in [0.29, 0.717) is 24.7 Å². The summed E-state index contributed by atoms with van der Waals surface area (Å²) in [6.45, 7) is 4.59. The summed E-state index contributed by atoms with van der Waals surface area (Å²) >= 11 is 0. The summed E-state index contributed by atoms with van der Waals surface area (Å²) in [4.78, 5) is 13.7. The molecular formula is C15H24N2O3. The second kappa shape index (κ2) is 7.75. The minimum atomic E-state index is -0.189. The van der Waals surface area contributed by atoms with Crippen LogP contribution >= 0.6 is 0 Å². The van der Waals surface area contributed by atoms with Crippen molar-refractivity contribution >= 4 is 5.91 Å². The first-order valence-corrected chi connectivity index (χ1v) is 6.73. The van der Waals surface area contributed by atoms with E-state index in [-0.39, 0.29) is 17.9 Å². The van der Waals surface area contributed by atoms with Gasteiger partial charge in [0.1, 0.15) is 6.61 Å². The number of hydrogen-bond donors (Lipinski definition) is 1. The van der Waals surface area contributed by atoms with Gasteiger partial charge in [0.05, 0.1) is 19.6 Å². The smallest absolute Gasteiger partial charge is 0.226 e. The van der Waals surface area contributed by atoms with E-state index in [1.807, 2.05) is 38.1 Å². The highest BCUT2D eigenvalue weighted by Crippen LogP contribution is 2.25. The molecule has 0 bridgehead atoms. The van der Waals surface area contributed by atoms with E-state index in [1.54, 1.807) is 19.1 Å². The van der Waals surface area contributed by atoms with Gasteiger partial charge in [-0.2, -0.15) is 0 Å². The Bertz CT molecular complexity index is 435. The van der Waals surface area contributed by atoms with Gasteiger partial charge in [0.2, 0.25) is 5.91 Å². The molecule has 0 saturated heterocycles. The van der Waals surface area contributed by atoms with Crippen LogP contribution in [0.15, 0.2) is 24.3 Å². The van der Waals surface area contributed by atoms with Crippen LogP contribution < -0.4 is 15.2 Å². The molecule has 1 rings (SSSR count). The quantitative estimate of drug-likeness (QED) is 0.822. The van der Waals surface area contributed by atoms with E-state index in [2.05, 4.69) is 0 Å². The number of likely N-dealkylation sites (N-methyl/N-ethyl adjacent to an activating group) is 1. The van der Waals surface area contributed by atoms with Gasteiger partial charge in [-0.15, -0.1) is 0 Å². The fourth-order valence-electron chi connectivity index (χ4n) is 1.71. The molecule has 2 N–H and O–H groups in total. The van der Waals surface area contributed by atoms with E-state index in [1.165, 1.54) is 0 Å². The maximum Gasteiger partial charge on any atom is 0.226 e. The molecule has 5 heteroatoms. The van der Waals surface area contributed by atoms with Crippen molar-refractivity contribution in [1.29, 1.82) is 0 Å². The standard InChI is InChI=1S/C15H24N2O3/c1-11(12(2)16)15(18)17(3)9-10-20-14-8-6-5-7-13(14)19-4/h5-8,11-12H,9-10,16H2,1-4H3. The lowest BCUT2D eigenvalue weighted by molar-refractivity contribution is -0.134. The molecule has 2 atom stereocenters. The third kappa shape index (κ3) is 4.42. The lowest BCUT2D eigenvalue weighted by Crippen LogP contribution is -2.41. The zero-order valence-corrected chi connectivity index (χ0v) is 12.6. The normalized spacial score (nSPS) is 13.4. The predicted octanol–water partition coefficient (Wildman–Crippen LogP) is 1.52. The average Bonchev–Trinajstić information content (AvgIpc) is 2.45. The lowest BCUT2D eigenvalue weighted by atomic mass is 10.0.